The molecule has 2 aliphatic carbocycles. The van der Waals surface area contributed by atoms with E-state index >= 15 is 0 Å². The lowest BCUT2D eigenvalue weighted by Crippen LogP contribution is -1.99. The molecule has 0 amide bonds. The Morgan fingerprint density at radius 1 is 1.25 bits per heavy atom. The molecule has 2 atom stereocenters. The fraction of sp³-hybridized carbons (Fsp3) is 0.263. The molecule has 0 saturated carbocycles. The number of fused-ring (bicyclic) bond motifs is 2. The van der Waals surface area contributed by atoms with E-state index in [4.69, 9.17) is 0 Å². The van der Waals surface area contributed by atoms with E-state index in [2.05, 4.69) is 62.1 Å². The fourth-order valence-corrected chi connectivity index (χ4v) is 4.01. The zero-order chi connectivity index (χ0) is 13.9. The van der Waals surface area contributed by atoms with E-state index in [-0.39, 0.29) is 0 Å². The minimum absolute atomic E-state index is 0.576. The quantitative estimate of drug-likeness (QED) is 0.625. The third-order valence-electron chi connectivity index (χ3n) is 4.03. The minimum Gasteiger partial charge on any atom is -0.0959 e. The average Bonchev–Trinajstić information content (AvgIpc) is 2.61. The molecule has 0 saturated heterocycles. The van der Waals surface area contributed by atoms with Gasteiger partial charge in [0, 0.05) is 5.92 Å². The van der Waals surface area contributed by atoms with Gasteiger partial charge in [0.15, 0.2) is 0 Å². The van der Waals surface area contributed by atoms with E-state index < -0.39 is 0 Å². The van der Waals surface area contributed by atoms with Crippen LogP contribution in [0.2, 0.25) is 0 Å². The molecule has 0 aromatic heterocycles. The van der Waals surface area contributed by atoms with E-state index in [9.17, 15) is 0 Å². The number of rotatable bonds is 4. The largest absolute Gasteiger partial charge is 0.0959 e. The molecule has 0 heterocycles. The molecule has 1 aromatic carbocycles. The number of benzene rings is 1. The maximum Gasteiger partial charge on any atom is 0.0105 e. The summed E-state index contributed by atoms with van der Waals surface area (Å²) in [5.41, 5.74) is 5.92. The smallest absolute Gasteiger partial charge is 0.0105 e. The summed E-state index contributed by atoms with van der Waals surface area (Å²) >= 11 is 0. The molecule has 2 aliphatic rings. The van der Waals surface area contributed by atoms with Crippen LogP contribution in [0.15, 0.2) is 66.0 Å². The number of allylic oxidation sites excluding steroid dienone is 7. The molecular weight excluding hydrogens is 259 g/mol. The topological polar surface area (TPSA) is 0 Å². The third-order valence-corrected chi connectivity index (χ3v) is 5.17. The Kier molecular flexibility index (Phi) is 4.03. The lowest BCUT2D eigenvalue weighted by atomic mass is 9.93. The van der Waals surface area contributed by atoms with Crippen molar-refractivity contribution in [3.8, 4) is 0 Å². The summed E-state index contributed by atoms with van der Waals surface area (Å²) in [6, 6.07) is 8.91. The normalized spacial score (nSPS) is 20.4. The van der Waals surface area contributed by atoms with Crippen LogP contribution >= 0.6 is 8.58 Å². The maximum absolute atomic E-state index is 4.04. The molecule has 0 spiro atoms. The molecule has 20 heavy (non-hydrogen) atoms. The Balaban J connectivity index is 1.93. The Morgan fingerprint density at radius 3 is 2.90 bits per heavy atom. The van der Waals surface area contributed by atoms with Crippen LogP contribution in [-0.4, -0.2) is 6.16 Å². The zero-order valence-electron chi connectivity index (χ0n) is 12.0. The summed E-state index contributed by atoms with van der Waals surface area (Å²) in [5.74, 6) is 0.576. The molecule has 1 aromatic rings. The van der Waals surface area contributed by atoms with E-state index in [1.54, 1.807) is 0 Å². The van der Waals surface area contributed by atoms with Gasteiger partial charge in [0.2, 0.25) is 0 Å². The SMILES string of the molecule is C=C(C)PCCC1C2=C(C=CCC=C2)c2ccccc21. The molecule has 2 unspecified atom stereocenters. The molecule has 0 bridgehead atoms. The summed E-state index contributed by atoms with van der Waals surface area (Å²) in [6.45, 7) is 6.17. The second kappa shape index (κ2) is 5.94. The van der Waals surface area contributed by atoms with E-state index in [0.717, 1.165) is 15.0 Å². The monoisotopic (exact) mass is 280 g/mol. The molecule has 3 rings (SSSR count). The van der Waals surface area contributed by atoms with Gasteiger partial charge in [-0.1, -0.05) is 69.0 Å². The Labute approximate surface area is 123 Å². The van der Waals surface area contributed by atoms with Gasteiger partial charge in [0.25, 0.3) is 0 Å². The average molecular weight is 280 g/mol. The van der Waals surface area contributed by atoms with Gasteiger partial charge < -0.3 is 0 Å². The van der Waals surface area contributed by atoms with Gasteiger partial charge in [-0.15, -0.1) is 0 Å². The van der Waals surface area contributed by atoms with Crippen LogP contribution in [0.25, 0.3) is 5.57 Å². The number of hydrogen-bond acceptors (Lipinski definition) is 0. The molecule has 0 aliphatic heterocycles. The van der Waals surface area contributed by atoms with Crippen molar-refractivity contribution in [2.24, 2.45) is 0 Å². The highest BCUT2D eigenvalue weighted by molar-refractivity contribution is 7.42. The summed E-state index contributed by atoms with van der Waals surface area (Å²) in [6.07, 6.45) is 12.8. The third kappa shape index (κ3) is 2.58. The van der Waals surface area contributed by atoms with Crippen LogP contribution in [-0.2, 0) is 0 Å². The van der Waals surface area contributed by atoms with Crippen LogP contribution in [0.1, 0.15) is 36.8 Å². The molecular formula is C19H21P. The van der Waals surface area contributed by atoms with Gasteiger partial charge >= 0.3 is 0 Å². The fourth-order valence-electron chi connectivity index (χ4n) is 3.15. The van der Waals surface area contributed by atoms with Gasteiger partial charge in [-0.05, 0) is 48.2 Å². The lowest BCUT2D eigenvalue weighted by molar-refractivity contribution is 0.798. The molecule has 1 heteroatoms. The summed E-state index contributed by atoms with van der Waals surface area (Å²) < 4.78 is 0. The van der Waals surface area contributed by atoms with Crippen LogP contribution in [0.5, 0.6) is 0 Å². The minimum atomic E-state index is 0.576. The first-order valence-electron chi connectivity index (χ1n) is 7.33. The first-order valence-corrected chi connectivity index (χ1v) is 8.54. The molecule has 0 N–H and O–H groups in total. The summed E-state index contributed by atoms with van der Waals surface area (Å²) in [7, 11) is 0.894. The second-order valence-corrected chi connectivity index (χ2v) is 7.25. The van der Waals surface area contributed by atoms with Crippen molar-refractivity contribution in [2.75, 3.05) is 6.16 Å². The molecule has 102 valence electrons. The van der Waals surface area contributed by atoms with Crippen molar-refractivity contribution in [3.05, 3.63) is 77.2 Å². The summed E-state index contributed by atoms with van der Waals surface area (Å²) in [4.78, 5) is 0. The van der Waals surface area contributed by atoms with Gasteiger partial charge in [-0.3, -0.25) is 0 Å². The molecule has 0 radical (unpaired) electrons. The predicted octanol–water partition coefficient (Wildman–Crippen LogP) is 5.66. The van der Waals surface area contributed by atoms with Crippen molar-refractivity contribution in [3.63, 3.8) is 0 Å². The van der Waals surface area contributed by atoms with Crippen molar-refractivity contribution in [2.45, 2.75) is 25.7 Å². The van der Waals surface area contributed by atoms with Crippen LogP contribution in [0.3, 0.4) is 0 Å². The van der Waals surface area contributed by atoms with Crippen molar-refractivity contribution in [1.82, 2.24) is 0 Å². The zero-order valence-corrected chi connectivity index (χ0v) is 13.0. The highest BCUT2D eigenvalue weighted by Crippen LogP contribution is 2.46. The number of hydrogen-bond donors (Lipinski definition) is 0. The van der Waals surface area contributed by atoms with Crippen LogP contribution in [0.4, 0.5) is 0 Å². The summed E-state index contributed by atoms with van der Waals surface area (Å²) in [5, 5.41) is 1.32. The van der Waals surface area contributed by atoms with Crippen LogP contribution in [0, 0.1) is 0 Å². The predicted molar refractivity (Wildman–Crippen MR) is 91.6 cm³/mol. The van der Waals surface area contributed by atoms with Gasteiger partial charge in [-0.2, -0.15) is 0 Å². The van der Waals surface area contributed by atoms with Crippen LogP contribution < -0.4 is 0 Å². The Morgan fingerprint density at radius 2 is 2.05 bits per heavy atom. The molecule has 0 nitrogen and oxygen atoms in total. The Bertz CT molecular complexity index is 616. The van der Waals surface area contributed by atoms with E-state index in [1.807, 2.05) is 0 Å². The van der Waals surface area contributed by atoms with E-state index in [0.29, 0.717) is 5.92 Å². The van der Waals surface area contributed by atoms with Crippen molar-refractivity contribution in [1.29, 1.82) is 0 Å². The highest BCUT2D eigenvalue weighted by atomic mass is 31.1. The first-order chi connectivity index (χ1) is 9.77. The molecule has 0 fully saturated rings. The van der Waals surface area contributed by atoms with Gasteiger partial charge in [-0.25, -0.2) is 0 Å². The standard InChI is InChI=1S/C19H21P/c1-14(2)20-13-12-19-17-9-5-3-4-8-15(17)16-10-6-7-11-18(16)19/h4-11,19-20H,1,3,12-13H2,2H3. The van der Waals surface area contributed by atoms with Gasteiger partial charge in [0.1, 0.15) is 0 Å². The maximum atomic E-state index is 4.04. The highest BCUT2D eigenvalue weighted by Gasteiger charge is 2.28. The second-order valence-electron chi connectivity index (χ2n) is 5.55. The van der Waals surface area contributed by atoms with Crippen molar-refractivity contribution >= 4 is 14.2 Å². The Hall–Kier alpha value is -1.39. The first kappa shape index (κ1) is 13.6. The van der Waals surface area contributed by atoms with Crippen molar-refractivity contribution < 1.29 is 0 Å². The lowest BCUT2D eigenvalue weighted by Gasteiger charge is -2.14. The van der Waals surface area contributed by atoms with E-state index in [1.165, 1.54) is 40.2 Å². The van der Waals surface area contributed by atoms with Gasteiger partial charge in [0.05, 0.1) is 0 Å².